The summed E-state index contributed by atoms with van der Waals surface area (Å²) in [4.78, 5) is 7.75. The highest BCUT2D eigenvalue weighted by Crippen LogP contribution is 2.48. The molecule has 0 N–H and O–H groups in total. The second kappa shape index (κ2) is 8.72. The van der Waals surface area contributed by atoms with Crippen molar-refractivity contribution in [1.29, 1.82) is 0 Å². The molecule has 0 saturated carbocycles. The van der Waals surface area contributed by atoms with Crippen molar-refractivity contribution in [1.82, 2.24) is 0 Å². The summed E-state index contributed by atoms with van der Waals surface area (Å²) >= 11 is 3.89. The molecule has 0 fully saturated rings. The zero-order valence-electron chi connectivity index (χ0n) is 19.5. The van der Waals surface area contributed by atoms with Crippen LogP contribution in [0.3, 0.4) is 0 Å². The minimum absolute atomic E-state index is 0.271. The van der Waals surface area contributed by atoms with Gasteiger partial charge >= 0.3 is 0 Å². The molecule has 1 unspecified atom stereocenters. The lowest BCUT2D eigenvalue weighted by Crippen LogP contribution is -2.28. The summed E-state index contributed by atoms with van der Waals surface area (Å²) in [6.07, 6.45) is 9.68. The van der Waals surface area contributed by atoms with Gasteiger partial charge in [-0.25, -0.2) is 0 Å². The molecule has 5 rings (SSSR count). The Bertz CT molecular complexity index is 1110. The van der Waals surface area contributed by atoms with Crippen molar-refractivity contribution in [2.24, 2.45) is 5.41 Å². The Labute approximate surface area is 201 Å². The monoisotopic (exact) mass is 460 g/mol. The predicted molar refractivity (Wildman–Crippen MR) is 142 cm³/mol. The fourth-order valence-electron chi connectivity index (χ4n) is 5.13. The molecule has 32 heavy (non-hydrogen) atoms. The molecule has 3 aliphatic rings. The minimum atomic E-state index is 0.271. The van der Waals surface area contributed by atoms with Gasteiger partial charge in [0, 0.05) is 22.9 Å². The Balaban J connectivity index is 1.46. The predicted octanol–water partition coefficient (Wildman–Crippen LogP) is 8.09. The van der Waals surface area contributed by atoms with E-state index in [1.54, 1.807) is 0 Å². The van der Waals surface area contributed by atoms with Crippen LogP contribution in [-0.4, -0.2) is 18.5 Å². The molecule has 2 heterocycles. The van der Waals surface area contributed by atoms with E-state index in [9.17, 15) is 0 Å². The molecule has 0 aromatic heterocycles. The van der Waals surface area contributed by atoms with Gasteiger partial charge in [-0.15, -0.1) is 0 Å². The van der Waals surface area contributed by atoms with Crippen LogP contribution < -0.4 is 9.80 Å². The van der Waals surface area contributed by atoms with Crippen molar-refractivity contribution < 1.29 is 0 Å². The first kappa shape index (κ1) is 21.8. The van der Waals surface area contributed by atoms with Gasteiger partial charge in [-0.2, -0.15) is 0 Å². The standard InChI is InChI=1S/C28H32N2S2/c1-5-29-22-11-7-9-13-24(22)31-26(29)16-20-15-21(19-28(3,4)18-20)17-27-30(6-2)23-12-8-10-14-25(23)32-27/h7-17,26H,5-6,18-19H2,1-4H3/b20-16-,27-17+. The van der Waals surface area contributed by atoms with Gasteiger partial charge in [-0.1, -0.05) is 67.7 Å². The Morgan fingerprint density at radius 1 is 0.938 bits per heavy atom. The lowest BCUT2D eigenvalue weighted by molar-refractivity contribution is 0.354. The number of rotatable bonds is 4. The van der Waals surface area contributed by atoms with Crippen molar-refractivity contribution in [3.8, 4) is 0 Å². The summed E-state index contributed by atoms with van der Waals surface area (Å²) in [5.74, 6) is 0. The first-order valence-corrected chi connectivity index (χ1v) is 13.4. The highest BCUT2D eigenvalue weighted by molar-refractivity contribution is 8.03. The van der Waals surface area contributed by atoms with Crippen LogP contribution in [0.15, 0.2) is 92.7 Å². The molecular weight excluding hydrogens is 428 g/mol. The van der Waals surface area contributed by atoms with E-state index in [4.69, 9.17) is 0 Å². The van der Waals surface area contributed by atoms with Crippen molar-refractivity contribution in [3.05, 3.63) is 82.9 Å². The third kappa shape index (κ3) is 4.15. The molecule has 1 atom stereocenters. The third-order valence-electron chi connectivity index (χ3n) is 6.42. The van der Waals surface area contributed by atoms with E-state index in [1.165, 1.54) is 37.3 Å². The lowest BCUT2D eigenvalue weighted by atomic mass is 9.75. The molecular formula is C28H32N2S2. The number of fused-ring (bicyclic) bond motifs is 2. The van der Waals surface area contributed by atoms with E-state index in [0.717, 1.165) is 25.9 Å². The van der Waals surface area contributed by atoms with Gasteiger partial charge in [0.2, 0.25) is 0 Å². The minimum Gasteiger partial charge on any atom is -0.355 e. The second-order valence-corrected chi connectivity index (χ2v) is 11.8. The number of likely N-dealkylation sites (N-methyl/N-ethyl adjacent to an activating group) is 1. The van der Waals surface area contributed by atoms with Crippen LogP contribution in [-0.2, 0) is 0 Å². The summed E-state index contributed by atoms with van der Waals surface area (Å²) in [5, 5.41) is 1.73. The third-order valence-corrected chi connectivity index (χ3v) is 8.77. The van der Waals surface area contributed by atoms with Crippen LogP contribution in [0, 0.1) is 5.41 Å². The summed E-state index contributed by atoms with van der Waals surface area (Å²) in [6, 6.07) is 17.6. The maximum Gasteiger partial charge on any atom is 0.0988 e. The highest BCUT2D eigenvalue weighted by atomic mass is 32.2. The quantitative estimate of drug-likeness (QED) is 0.454. The zero-order chi connectivity index (χ0) is 22.3. The number of para-hydroxylation sites is 2. The average molecular weight is 461 g/mol. The molecule has 2 aromatic rings. The van der Waals surface area contributed by atoms with E-state index >= 15 is 0 Å². The molecule has 0 bridgehead atoms. The number of anilines is 2. The van der Waals surface area contributed by atoms with Gasteiger partial charge in [0.05, 0.1) is 21.8 Å². The SMILES string of the molecule is CCN1/C(=C\C2=CC(=C/C3Sc4ccccc4N3CC)/CC(C)(C)C2)Sc2ccccc21. The number of benzene rings is 2. The van der Waals surface area contributed by atoms with Gasteiger partial charge in [0.25, 0.3) is 0 Å². The maximum atomic E-state index is 2.53. The molecule has 166 valence electrons. The van der Waals surface area contributed by atoms with Crippen LogP contribution >= 0.6 is 23.5 Å². The van der Waals surface area contributed by atoms with E-state index in [0.29, 0.717) is 5.37 Å². The van der Waals surface area contributed by atoms with E-state index in [1.807, 2.05) is 23.5 Å². The van der Waals surface area contributed by atoms with Gasteiger partial charge < -0.3 is 9.80 Å². The summed E-state index contributed by atoms with van der Waals surface area (Å²) < 4.78 is 0. The number of thioether (sulfide) groups is 2. The van der Waals surface area contributed by atoms with Gasteiger partial charge in [-0.05, 0) is 79.7 Å². The maximum absolute atomic E-state index is 2.53. The molecule has 0 saturated heterocycles. The van der Waals surface area contributed by atoms with Gasteiger partial charge in [0.1, 0.15) is 0 Å². The second-order valence-electron chi connectivity index (χ2n) is 9.54. The summed E-state index contributed by atoms with van der Waals surface area (Å²) in [7, 11) is 0. The van der Waals surface area contributed by atoms with E-state index in [2.05, 4.69) is 104 Å². The van der Waals surface area contributed by atoms with Crippen molar-refractivity contribution in [3.63, 3.8) is 0 Å². The molecule has 4 heteroatoms. The van der Waals surface area contributed by atoms with Crippen molar-refractivity contribution in [2.75, 3.05) is 22.9 Å². The Morgan fingerprint density at radius 2 is 1.66 bits per heavy atom. The van der Waals surface area contributed by atoms with Crippen LogP contribution in [0.25, 0.3) is 0 Å². The molecule has 0 amide bonds. The highest BCUT2D eigenvalue weighted by Gasteiger charge is 2.31. The number of allylic oxidation sites excluding steroid dienone is 4. The first-order valence-electron chi connectivity index (χ1n) is 11.7. The number of nitrogens with zero attached hydrogens (tertiary/aromatic N) is 2. The van der Waals surface area contributed by atoms with Gasteiger partial charge in [0.15, 0.2) is 0 Å². The average Bonchev–Trinajstić information content (AvgIpc) is 3.28. The van der Waals surface area contributed by atoms with E-state index < -0.39 is 0 Å². The van der Waals surface area contributed by atoms with Crippen LogP contribution in [0.1, 0.15) is 40.5 Å². The molecule has 2 nitrogen and oxygen atoms in total. The van der Waals surface area contributed by atoms with Crippen molar-refractivity contribution in [2.45, 2.75) is 55.7 Å². The lowest BCUT2D eigenvalue weighted by Gasteiger charge is -2.32. The van der Waals surface area contributed by atoms with Gasteiger partial charge in [-0.3, -0.25) is 0 Å². The molecule has 1 aliphatic carbocycles. The van der Waals surface area contributed by atoms with Crippen LogP contribution in [0.5, 0.6) is 0 Å². The van der Waals surface area contributed by atoms with Crippen molar-refractivity contribution >= 4 is 34.9 Å². The number of hydrogen-bond acceptors (Lipinski definition) is 4. The Hall–Kier alpha value is -2.04. The summed E-state index contributed by atoms with van der Waals surface area (Å²) in [6.45, 7) is 11.4. The van der Waals surface area contributed by atoms with Crippen LogP contribution in [0.4, 0.5) is 11.4 Å². The fourth-order valence-corrected chi connectivity index (χ4v) is 7.69. The van der Waals surface area contributed by atoms with E-state index in [-0.39, 0.29) is 5.41 Å². The smallest absolute Gasteiger partial charge is 0.0988 e. The molecule has 0 radical (unpaired) electrons. The van der Waals surface area contributed by atoms with Crippen LogP contribution in [0.2, 0.25) is 0 Å². The molecule has 2 aromatic carbocycles. The molecule has 0 spiro atoms. The Morgan fingerprint density at radius 3 is 2.41 bits per heavy atom. The fraction of sp³-hybridized carbons (Fsp3) is 0.357. The largest absolute Gasteiger partial charge is 0.355 e. The molecule has 2 aliphatic heterocycles. The topological polar surface area (TPSA) is 6.48 Å². The number of hydrogen-bond donors (Lipinski definition) is 0. The first-order chi connectivity index (χ1) is 15.5. The zero-order valence-corrected chi connectivity index (χ0v) is 21.1. The normalized spacial score (nSPS) is 24.1. The Kier molecular flexibility index (Phi) is 5.94. The summed E-state index contributed by atoms with van der Waals surface area (Å²) in [5.41, 5.74) is 5.91.